The highest BCUT2D eigenvalue weighted by molar-refractivity contribution is 5.82. The van der Waals surface area contributed by atoms with Crippen molar-refractivity contribution in [2.24, 2.45) is 11.7 Å². The van der Waals surface area contributed by atoms with Crippen molar-refractivity contribution in [3.8, 4) is 0 Å². The van der Waals surface area contributed by atoms with Gasteiger partial charge in [-0.05, 0) is 6.42 Å². The van der Waals surface area contributed by atoms with Gasteiger partial charge in [-0.25, -0.2) is 0 Å². The van der Waals surface area contributed by atoms with E-state index in [0.29, 0.717) is 6.42 Å². The van der Waals surface area contributed by atoms with E-state index < -0.39 is 18.2 Å². The van der Waals surface area contributed by atoms with Gasteiger partial charge in [0.25, 0.3) is 0 Å². The van der Waals surface area contributed by atoms with Crippen molar-refractivity contribution in [1.29, 1.82) is 0 Å². The number of hydrogen-bond donors (Lipinski definition) is 4. The number of hydrogen-bond acceptors (Lipinski definition) is 5. The van der Waals surface area contributed by atoms with Crippen LogP contribution in [0, 0.1) is 5.92 Å². The Morgan fingerprint density at radius 2 is 1.23 bits per heavy atom. The Labute approximate surface area is 160 Å². The first-order valence-corrected chi connectivity index (χ1v) is 10.8. The predicted molar refractivity (Wildman–Crippen MR) is 107 cm³/mol. The van der Waals surface area contributed by atoms with Crippen molar-refractivity contribution in [3.05, 3.63) is 0 Å². The highest BCUT2D eigenvalue weighted by atomic mass is 16.3. The average Bonchev–Trinajstić information content (AvgIpc) is 2.59. The Hall–Kier alpha value is -0.490. The summed E-state index contributed by atoms with van der Waals surface area (Å²) < 4.78 is 0. The molecule has 0 saturated carbocycles. The van der Waals surface area contributed by atoms with Crippen LogP contribution in [-0.4, -0.2) is 40.0 Å². The van der Waals surface area contributed by atoms with Gasteiger partial charge in [0.05, 0.1) is 12.0 Å². The molecule has 0 aromatic rings. The van der Waals surface area contributed by atoms with Crippen molar-refractivity contribution in [1.82, 2.24) is 0 Å². The Bertz CT molecular complexity index is 323. The number of nitrogens with two attached hydrogens (primary N) is 1. The van der Waals surface area contributed by atoms with Gasteiger partial charge in [-0.1, -0.05) is 90.4 Å². The van der Waals surface area contributed by atoms with Crippen LogP contribution < -0.4 is 5.73 Å². The standard InChI is InChI=1S/C21H43NO4/c1-2-3-4-5-6-7-8-9-10-11-12-13-14-15-18(24)20(21(22)26)19(25)16-17-23/h18,20-21,23-24,26H,2-17,22H2,1H3/t18-,20-,21?/m1/s1. The van der Waals surface area contributed by atoms with Gasteiger partial charge < -0.3 is 21.1 Å². The summed E-state index contributed by atoms with van der Waals surface area (Å²) in [5.41, 5.74) is 5.41. The first-order valence-electron chi connectivity index (χ1n) is 10.8. The van der Waals surface area contributed by atoms with Crippen molar-refractivity contribution < 1.29 is 20.1 Å². The van der Waals surface area contributed by atoms with Crippen molar-refractivity contribution >= 4 is 5.78 Å². The van der Waals surface area contributed by atoms with Gasteiger partial charge in [0.2, 0.25) is 0 Å². The van der Waals surface area contributed by atoms with E-state index in [4.69, 9.17) is 10.8 Å². The molecule has 0 aromatic heterocycles. The number of aliphatic hydroxyl groups excluding tert-OH is 3. The monoisotopic (exact) mass is 373 g/mol. The molecule has 5 N–H and O–H groups in total. The summed E-state index contributed by atoms with van der Waals surface area (Å²) in [6.07, 6.45) is 14.4. The minimum atomic E-state index is -1.37. The zero-order valence-electron chi connectivity index (χ0n) is 16.9. The van der Waals surface area contributed by atoms with Crippen LogP contribution in [0.15, 0.2) is 0 Å². The van der Waals surface area contributed by atoms with Crippen LogP contribution in [0.3, 0.4) is 0 Å². The second-order valence-electron chi connectivity index (χ2n) is 7.55. The number of Topliss-reactive ketones (excluding diaryl/α,β-unsaturated/α-hetero) is 1. The van der Waals surface area contributed by atoms with Gasteiger partial charge in [0.1, 0.15) is 12.0 Å². The number of unbranched alkanes of at least 4 members (excludes halogenated alkanes) is 12. The fourth-order valence-corrected chi connectivity index (χ4v) is 3.46. The maximum absolute atomic E-state index is 11.8. The third kappa shape index (κ3) is 13.7. The smallest absolute Gasteiger partial charge is 0.144 e. The second-order valence-corrected chi connectivity index (χ2v) is 7.55. The van der Waals surface area contributed by atoms with Gasteiger partial charge >= 0.3 is 0 Å². The molecule has 0 aliphatic carbocycles. The maximum atomic E-state index is 11.8. The van der Waals surface area contributed by atoms with E-state index in [-0.39, 0.29) is 18.8 Å². The molecule has 0 aliphatic heterocycles. The van der Waals surface area contributed by atoms with Gasteiger partial charge in [-0.2, -0.15) is 0 Å². The van der Waals surface area contributed by atoms with E-state index in [1.807, 2.05) is 0 Å². The molecule has 0 radical (unpaired) electrons. The highest BCUT2D eigenvalue weighted by Crippen LogP contribution is 2.18. The van der Waals surface area contributed by atoms with Crippen LogP contribution in [0.25, 0.3) is 0 Å². The molecule has 0 spiro atoms. The molecule has 0 aliphatic rings. The Kier molecular flexibility index (Phi) is 17.6. The van der Waals surface area contributed by atoms with Crippen LogP contribution in [0.4, 0.5) is 0 Å². The van der Waals surface area contributed by atoms with Crippen LogP contribution in [0.1, 0.15) is 103 Å². The topological polar surface area (TPSA) is 104 Å². The first-order chi connectivity index (χ1) is 12.5. The molecule has 5 nitrogen and oxygen atoms in total. The molecule has 0 amide bonds. The first kappa shape index (κ1) is 25.5. The molecule has 1 unspecified atom stereocenters. The minimum absolute atomic E-state index is 0.0748. The molecule has 0 rings (SSSR count). The lowest BCUT2D eigenvalue weighted by atomic mass is 9.90. The molecule has 5 heteroatoms. The fraction of sp³-hybridized carbons (Fsp3) is 0.952. The molecule has 156 valence electrons. The van der Waals surface area contributed by atoms with Gasteiger partial charge in [0, 0.05) is 13.0 Å². The number of carbonyl (C=O) groups is 1. The molecular weight excluding hydrogens is 330 g/mol. The van der Waals surface area contributed by atoms with E-state index in [0.717, 1.165) is 19.3 Å². The largest absolute Gasteiger partial charge is 0.396 e. The van der Waals surface area contributed by atoms with Crippen molar-refractivity contribution in [3.63, 3.8) is 0 Å². The van der Waals surface area contributed by atoms with Gasteiger partial charge in [0.15, 0.2) is 0 Å². The molecule has 0 heterocycles. The summed E-state index contributed by atoms with van der Waals surface area (Å²) in [5, 5.41) is 28.4. The molecule has 0 saturated heterocycles. The van der Waals surface area contributed by atoms with Crippen LogP contribution in [0.2, 0.25) is 0 Å². The average molecular weight is 374 g/mol. The third-order valence-electron chi connectivity index (χ3n) is 5.12. The Balaban J connectivity index is 3.57. The SMILES string of the molecule is CCCCCCCCCCCCCCC[C@@H](O)[C@H](C(=O)CCO)C(N)O. The van der Waals surface area contributed by atoms with Crippen LogP contribution >= 0.6 is 0 Å². The summed E-state index contributed by atoms with van der Waals surface area (Å²) in [4.78, 5) is 11.8. The molecular formula is C21H43NO4. The predicted octanol–water partition coefficient (Wildman–Crippen LogP) is 3.67. The normalized spacial score (nSPS) is 15.0. The Morgan fingerprint density at radius 1 is 0.808 bits per heavy atom. The van der Waals surface area contributed by atoms with E-state index in [1.165, 1.54) is 64.2 Å². The molecule has 26 heavy (non-hydrogen) atoms. The fourth-order valence-electron chi connectivity index (χ4n) is 3.46. The lowest BCUT2D eigenvalue weighted by Gasteiger charge is -2.23. The van der Waals surface area contributed by atoms with Gasteiger partial charge in [-0.15, -0.1) is 0 Å². The summed E-state index contributed by atoms with van der Waals surface area (Å²) >= 11 is 0. The van der Waals surface area contributed by atoms with Crippen molar-refractivity contribution in [2.75, 3.05) is 6.61 Å². The van der Waals surface area contributed by atoms with E-state index in [1.54, 1.807) is 0 Å². The second kappa shape index (κ2) is 17.9. The number of aliphatic hydroxyl groups is 3. The number of ketones is 1. The van der Waals surface area contributed by atoms with E-state index in [2.05, 4.69) is 6.92 Å². The lowest BCUT2D eigenvalue weighted by Crippen LogP contribution is -2.43. The summed E-state index contributed by atoms with van der Waals surface area (Å²) in [7, 11) is 0. The number of carbonyl (C=O) groups excluding carboxylic acids is 1. The highest BCUT2D eigenvalue weighted by Gasteiger charge is 2.30. The summed E-state index contributed by atoms with van der Waals surface area (Å²) in [6, 6.07) is 0. The third-order valence-corrected chi connectivity index (χ3v) is 5.12. The number of rotatable bonds is 19. The maximum Gasteiger partial charge on any atom is 0.144 e. The van der Waals surface area contributed by atoms with Gasteiger partial charge in [-0.3, -0.25) is 4.79 Å². The van der Waals surface area contributed by atoms with E-state index >= 15 is 0 Å². The molecule has 0 aromatic carbocycles. The lowest BCUT2D eigenvalue weighted by molar-refractivity contribution is -0.132. The van der Waals surface area contributed by atoms with E-state index in [9.17, 15) is 15.0 Å². The summed E-state index contributed by atoms with van der Waals surface area (Å²) in [5.74, 6) is -1.36. The zero-order valence-corrected chi connectivity index (χ0v) is 16.9. The molecule has 0 fully saturated rings. The summed E-state index contributed by atoms with van der Waals surface area (Å²) in [6.45, 7) is 1.96. The molecule has 0 bridgehead atoms. The van der Waals surface area contributed by atoms with Crippen LogP contribution in [-0.2, 0) is 4.79 Å². The van der Waals surface area contributed by atoms with Crippen LogP contribution in [0.5, 0.6) is 0 Å². The van der Waals surface area contributed by atoms with Crippen molar-refractivity contribution in [2.45, 2.75) is 116 Å². The minimum Gasteiger partial charge on any atom is -0.396 e. The Morgan fingerprint density at radius 3 is 1.62 bits per heavy atom. The quantitative estimate of drug-likeness (QED) is 0.204. The molecule has 3 atom stereocenters. The zero-order chi connectivity index (χ0) is 19.6.